The number of aliphatic hydroxyl groups excluding tert-OH is 1. The minimum atomic E-state index is -0.844. The van der Waals surface area contributed by atoms with Gasteiger partial charge in [0.15, 0.2) is 0 Å². The predicted molar refractivity (Wildman–Crippen MR) is 87.0 cm³/mol. The topological polar surface area (TPSA) is 65.1 Å². The molecule has 3 N–H and O–H groups in total. The number of aromatic nitrogens is 1. The number of halogens is 1. The molecule has 1 atom stereocenters. The third-order valence-electron chi connectivity index (χ3n) is 3.56. The molecule has 1 aromatic heterocycles. The van der Waals surface area contributed by atoms with E-state index in [-0.39, 0.29) is 12.5 Å². The molecule has 112 valence electrons. The van der Waals surface area contributed by atoms with E-state index in [1.54, 1.807) is 36.5 Å². The number of aromatic amines is 1. The van der Waals surface area contributed by atoms with Gasteiger partial charge < -0.3 is 15.4 Å². The number of H-pyrrole nitrogens is 1. The van der Waals surface area contributed by atoms with Crippen LogP contribution in [0, 0.1) is 0 Å². The number of rotatable bonds is 4. The molecule has 3 aromatic rings. The highest BCUT2D eigenvalue weighted by atomic mass is 35.5. The molecule has 0 aliphatic rings. The molecule has 0 fully saturated rings. The Morgan fingerprint density at radius 1 is 1.18 bits per heavy atom. The monoisotopic (exact) mass is 314 g/mol. The fraction of sp³-hybridized carbons (Fsp3) is 0.118. The second-order valence-corrected chi connectivity index (χ2v) is 5.40. The van der Waals surface area contributed by atoms with Crippen molar-refractivity contribution in [3.05, 3.63) is 70.9 Å². The van der Waals surface area contributed by atoms with Crippen LogP contribution in [0.5, 0.6) is 0 Å². The van der Waals surface area contributed by atoms with E-state index in [1.165, 1.54) is 0 Å². The minimum Gasteiger partial charge on any atom is -0.387 e. The van der Waals surface area contributed by atoms with Crippen molar-refractivity contribution < 1.29 is 9.90 Å². The summed E-state index contributed by atoms with van der Waals surface area (Å²) in [6, 6.07) is 14.4. The van der Waals surface area contributed by atoms with E-state index in [2.05, 4.69) is 10.3 Å². The summed E-state index contributed by atoms with van der Waals surface area (Å²) >= 11 is 6.04. The number of hydrogen-bond acceptors (Lipinski definition) is 2. The first-order chi connectivity index (χ1) is 10.7. The van der Waals surface area contributed by atoms with Crippen molar-refractivity contribution in [2.45, 2.75) is 6.10 Å². The summed E-state index contributed by atoms with van der Waals surface area (Å²) < 4.78 is 0. The average Bonchev–Trinajstić information content (AvgIpc) is 3.01. The molecule has 0 spiro atoms. The lowest BCUT2D eigenvalue weighted by Crippen LogP contribution is -2.28. The van der Waals surface area contributed by atoms with Crippen LogP contribution in [0.15, 0.2) is 54.7 Å². The zero-order valence-electron chi connectivity index (χ0n) is 11.7. The predicted octanol–water partition coefficient (Wildman–Crippen LogP) is 3.28. The molecule has 0 bridgehead atoms. The zero-order chi connectivity index (χ0) is 15.5. The Morgan fingerprint density at radius 3 is 2.82 bits per heavy atom. The van der Waals surface area contributed by atoms with Gasteiger partial charge in [-0.2, -0.15) is 0 Å². The van der Waals surface area contributed by atoms with Crippen LogP contribution in [-0.2, 0) is 0 Å². The van der Waals surface area contributed by atoms with Gasteiger partial charge in [0.1, 0.15) is 0 Å². The molecule has 1 heterocycles. The second kappa shape index (κ2) is 6.22. The summed E-state index contributed by atoms with van der Waals surface area (Å²) in [7, 11) is 0. The highest BCUT2D eigenvalue weighted by Crippen LogP contribution is 2.22. The fourth-order valence-corrected chi connectivity index (χ4v) is 2.68. The molecule has 4 nitrogen and oxygen atoms in total. The van der Waals surface area contributed by atoms with Gasteiger partial charge in [0.05, 0.1) is 6.10 Å². The van der Waals surface area contributed by atoms with Crippen LogP contribution < -0.4 is 5.32 Å². The lowest BCUT2D eigenvalue weighted by atomic mass is 10.1. The highest BCUT2D eigenvalue weighted by molar-refractivity contribution is 6.31. The van der Waals surface area contributed by atoms with Crippen LogP contribution in [0.4, 0.5) is 0 Å². The van der Waals surface area contributed by atoms with Crippen LogP contribution in [0.1, 0.15) is 22.0 Å². The van der Waals surface area contributed by atoms with Gasteiger partial charge in [-0.1, -0.05) is 35.9 Å². The Morgan fingerprint density at radius 2 is 2.00 bits per heavy atom. The van der Waals surface area contributed by atoms with Crippen molar-refractivity contribution in [1.29, 1.82) is 0 Å². The van der Waals surface area contributed by atoms with E-state index in [0.29, 0.717) is 16.1 Å². The third-order valence-corrected chi connectivity index (χ3v) is 3.90. The summed E-state index contributed by atoms with van der Waals surface area (Å²) in [5.74, 6) is -0.226. The molecule has 0 aliphatic heterocycles. The zero-order valence-corrected chi connectivity index (χ0v) is 12.5. The Hall–Kier alpha value is -2.30. The number of aliphatic hydroxyl groups is 1. The highest BCUT2D eigenvalue weighted by Gasteiger charge is 2.14. The lowest BCUT2D eigenvalue weighted by Gasteiger charge is -2.14. The van der Waals surface area contributed by atoms with E-state index >= 15 is 0 Å². The largest absolute Gasteiger partial charge is 0.387 e. The van der Waals surface area contributed by atoms with Gasteiger partial charge in [0.2, 0.25) is 0 Å². The molecule has 3 rings (SSSR count). The summed E-state index contributed by atoms with van der Waals surface area (Å²) in [4.78, 5) is 15.4. The van der Waals surface area contributed by atoms with Crippen LogP contribution in [0.3, 0.4) is 0 Å². The number of carbonyl (C=O) groups excluding carboxylic acids is 1. The first-order valence-electron chi connectivity index (χ1n) is 6.93. The van der Waals surface area contributed by atoms with Crippen molar-refractivity contribution in [1.82, 2.24) is 10.3 Å². The standard InChI is InChI=1S/C17H15ClN2O2/c18-14-6-2-1-4-13(14)16(21)10-20-17(22)12-5-3-7-15-11(12)8-9-19-15/h1-9,16,19,21H,10H2,(H,20,22). The van der Waals surface area contributed by atoms with Gasteiger partial charge in [-0.25, -0.2) is 0 Å². The van der Waals surface area contributed by atoms with Crippen molar-refractivity contribution in [3.8, 4) is 0 Å². The maximum atomic E-state index is 12.3. The number of fused-ring (bicyclic) bond motifs is 1. The molecule has 0 saturated heterocycles. The van der Waals surface area contributed by atoms with Gasteiger partial charge in [0.25, 0.3) is 5.91 Å². The Balaban J connectivity index is 1.73. The molecule has 0 aliphatic carbocycles. The van der Waals surface area contributed by atoms with Gasteiger partial charge in [0, 0.05) is 39.8 Å². The number of hydrogen-bond donors (Lipinski definition) is 3. The first kappa shape index (κ1) is 14.6. The molecule has 0 saturated carbocycles. The average molecular weight is 315 g/mol. The Labute approximate surface area is 132 Å². The molecule has 2 aromatic carbocycles. The normalized spacial score (nSPS) is 12.3. The quantitative estimate of drug-likeness (QED) is 0.692. The molecule has 0 radical (unpaired) electrons. The Bertz CT molecular complexity index is 813. The van der Waals surface area contributed by atoms with Crippen LogP contribution in [-0.4, -0.2) is 22.5 Å². The SMILES string of the molecule is O=C(NCC(O)c1ccccc1Cl)c1cccc2[nH]ccc12. The maximum absolute atomic E-state index is 12.3. The first-order valence-corrected chi connectivity index (χ1v) is 7.31. The summed E-state index contributed by atoms with van der Waals surface area (Å²) in [5, 5.41) is 14.2. The minimum absolute atomic E-state index is 0.101. The van der Waals surface area contributed by atoms with Crippen molar-refractivity contribution in [3.63, 3.8) is 0 Å². The molecular formula is C17H15ClN2O2. The molecule has 5 heteroatoms. The lowest BCUT2D eigenvalue weighted by molar-refractivity contribution is 0.0918. The van der Waals surface area contributed by atoms with Crippen molar-refractivity contribution in [2.75, 3.05) is 6.54 Å². The maximum Gasteiger partial charge on any atom is 0.252 e. The number of carbonyl (C=O) groups is 1. The van der Waals surface area contributed by atoms with E-state index in [0.717, 1.165) is 10.9 Å². The van der Waals surface area contributed by atoms with E-state index in [4.69, 9.17) is 11.6 Å². The van der Waals surface area contributed by atoms with Crippen molar-refractivity contribution in [2.24, 2.45) is 0 Å². The van der Waals surface area contributed by atoms with Crippen molar-refractivity contribution >= 4 is 28.4 Å². The molecule has 1 unspecified atom stereocenters. The Kier molecular flexibility index (Phi) is 4.13. The van der Waals surface area contributed by atoms with Gasteiger partial charge in [-0.15, -0.1) is 0 Å². The summed E-state index contributed by atoms with van der Waals surface area (Å²) in [5.41, 5.74) is 2.08. The van der Waals surface area contributed by atoms with Crippen LogP contribution in [0.25, 0.3) is 10.9 Å². The van der Waals surface area contributed by atoms with Gasteiger partial charge in [-0.05, 0) is 24.3 Å². The third kappa shape index (κ3) is 2.84. The summed E-state index contributed by atoms with van der Waals surface area (Å²) in [6.07, 6.45) is 0.947. The molecule has 1 amide bonds. The van der Waals surface area contributed by atoms with E-state index in [9.17, 15) is 9.90 Å². The number of amides is 1. The molecular weight excluding hydrogens is 300 g/mol. The summed E-state index contributed by atoms with van der Waals surface area (Å²) in [6.45, 7) is 0.101. The number of benzene rings is 2. The molecule has 22 heavy (non-hydrogen) atoms. The van der Waals surface area contributed by atoms with Crippen LogP contribution >= 0.6 is 11.6 Å². The van der Waals surface area contributed by atoms with Gasteiger partial charge >= 0.3 is 0 Å². The van der Waals surface area contributed by atoms with Crippen LogP contribution in [0.2, 0.25) is 5.02 Å². The van der Waals surface area contributed by atoms with Gasteiger partial charge in [-0.3, -0.25) is 4.79 Å². The second-order valence-electron chi connectivity index (χ2n) is 4.99. The fourth-order valence-electron chi connectivity index (χ4n) is 2.42. The van der Waals surface area contributed by atoms with E-state index in [1.807, 2.05) is 18.2 Å². The number of nitrogens with one attached hydrogen (secondary N) is 2. The van der Waals surface area contributed by atoms with E-state index < -0.39 is 6.10 Å². The smallest absolute Gasteiger partial charge is 0.252 e.